The number of fused-ring (bicyclic) bond motifs is 1. The molecule has 2 aromatic heterocycles. The summed E-state index contributed by atoms with van der Waals surface area (Å²) in [5.41, 5.74) is 0.212. The molecular formula is C26H28F4N6O3. The third kappa shape index (κ3) is 5.40. The Balaban J connectivity index is 1.57. The van der Waals surface area contributed by atoms with Crippen molar-refractivity contribution in [3.8, 4) is 5.88 Å². The number of carbonyl (C=O) groups excluding carboxylic acids is 1. The fraction of sp³-hybridized carbons (Fsp3) is 0.462. The molecule has 9 nitrogen and oxygen atoms in total. The van der Waals surface area contributed by atoms with Gasteiger partial charge in [-0.15, -0.1) is 0 Å². The molecule has 13 heteroatoms. The van der Waals surface area contributed by atoms with Gasteiger partial charge in [-0.05, 0) is 51.1 Å². The van der Waals surface area contributed by atoms with Crippen molar-refractivity contribution in [2.24, 2.45) is 0 Å². The number of ether oxygens (including phenoxy) is 1. The normalized spacial score (nSPS) is 17.1. The predicted octanol–water partition coefficient (Wildman–Crippen LogP) is 4.32. The van der Waals surface area contributed by atoms with E-state index in [4.69, 9.17) is 0 Å². The van der Waals surface area contributed by atoms with Crippen molar-refractivity contribution in [3.63, 3.8) is 0 Å². The van der Waals surface area contributed by atoms with Crippen molar-refractivity contribution < 1.29 is 27.1 Å². The van der Waals surface area contributed by atoms with Gasteiger partial charge in [0.05, 0.1) is 5.39 Å². The summed E-state index contributed by atoms with van der Waals surface area (Å²) in [7, 11) is 2.07. The van der Waals surface area contributed by atoms with Crippen LogP contribution in [0.2, 0.25) is 0 Å². The van der Waals surface area contributed by atoms with Crippen molar-refractivity contribution in [1.82, 2.24) is 19.4 Å². The van der Waals surface area contributed by atoms with E-state index in [-0.39, 0.29) is 22.5 Å². The average molecular weight is 549 g/mol. The summed E-state index contributed by atoms with van der Waals surface area (Å²) in [5, 5.41) is 2.67. The number of esters is 1. The van der Waals surface area contributed by atoms with Crippen LogP contribution in [0.1, 0.15) is 37.3 Å². The first kappa shape index (κ1) is 26.9. The molecule has 1 saturated carbocycles. The van der Waals surface area contributed by atoms with Crippen molar-refractivity contribution >= 4 is 34.3 Å². The van der Waals surface area contributed by atoms with Gasteiger partial charge in [-0.3, -0.25) is 9.36 Å². The third-order valence-corrected chi connectivity index (χ3v) is 7.30. The summed E-state index contributed by atoms with van der Waals surface area (Å²) in [5.74, 6) is -4.63. The van der Waals surface area contributed by atoms with Crippen LogP contribution < -0.4 is 20.5 Å². The lowest BCUT2D eigenvalue weighted by atomic mass is 10.1. The van der Waals surface area contributed by atoms with Gasteiger partial charge < -0.3 is 19.9 Å². The maximum absolute atomic E-state index is 15.0. The summed E-state index contributed by atoms with van der Waals surface area (Å²) in [6.07, 6.45) is -2.54. The van der Waals surface area contributed by atoms with E-state index >= 15 is 4.39 Å². The van der Waals surface area contributed by atoms with E-state index in [0.29, 0.717) is 18.5 Å². The van der Waals surface area contributed by atoms with E-state index < -0.39 is 35.4 Å². The van der Waals surface area contributed by atoms with Gasteiger partial charge in [-0.2, -0.15) is 23.1 Å². The highest BCUT2D eigenvalue weighted by atomic mass is 19.4. The number of aromatic nitrogens is 3. The van der Waals surface area contributed by atoms with Gasteiger partial charge in [0.1, 0.15) is 0 Å². The lowest BCUT2D eigenvalue weighted by Crippen LogP contribution is -2.44. The number of pyridine rings is 1. The average Bonchev–Trinajstić information content (AvgIpc) is 3.42. The van der Waals surface area contributed by atoms with Crippen LogP contribution >= 0.6 is 0 Å². The zero-order chi connectivity index (χ0) is 27.9. The van der Waals surface area contributed by atoms with Crippen molar-refractivity contribution in [2.45, 2.75) is 44.8 Å². The van der Waals surface area contributed by atoms with Crippen molar-refractivity contribution in [1.29, 1.82) is 0 Å². The number of benzene rings is 1. The van der Waals surface area contributed by atoms with Crippen LogP contribution in [-0.2, 0) is 4.79 Å². The lowest BCUT2D eigenvalue weighted by molar-refractivity contribution is -0.189. The highest BCUT2D eigenvalue weighted by Gasteiger charge is 2.42. The highest BCUT2D eigenvalue weighted by Crippen LogP contribution is 2.35. The fourth-order valence-corrected chi connectivity index (χ4v) is 5.13. The molecule has 0 atom stereocenters. The van der Waals surface area contributed by atoms with E-state index in [2.05, 4.69) is 36.9 Å². The first-order valence-corrected chi connectivity index (χ1v) is 12.7. The molecule has 0 bridgehead atoms. The van der Waals surface area contributed by atoms with E-state index in [1.165, 1.54) is 6.92 Å². The van der Waals surface area contributed by atoms with E-state index in [9.17, 15) is 22.8 Å². The number of halogens is 4. The molecule has 39 heavy (non-hydrogen) atoms. The van der Waals surface area contributed by atoms with Crippen molar-refractivity contribution in [2.75, 3.05) is 43.4 Å². The van der Waals surface area contributed by atoms with Gasteiger partial charge in [0.15, 0.2) is 11.5 Å². The van der Waals surface area contributed by atoms with Gasteiger partial charge in [-0.1, -0.05) is 12.8 Å². The van der Waals surface area contributed by atoms with E-state index in [1.807, 2.05) is 12.1 Å². The number of hydrogen-bond acceptors (Lipinski definition) is 8. The number of rotatable bonds is 5. The SMILES string of the molecule is Cc1c(F)c(=O)n(C2CCCC2)c2nc(Nc3ccc(N4CCN(C)CC4)cc3)nc(OC(=O)C(F)(F)F)c12. The van der Waals surface area contributed by atoms with Crippen LogP contribution in [0.4, 0.5) is 34.9 Å². The second kappa shape index (κ2) is 10.4. The molecule has 0 radical (unpaired) electrons. The molecule has 1 saturated heterocycles. The first-order valence-electron chi connectivity index (χ1n) is 12.7. The van der Waals surface area contributed by atoms with Gasteiger partial charge in [0.25, 0.3) is 5.56 Å². The number of aryl methyl sites for hydroxylation is 1. The third-order valence-electron chi connectivity index (χ3n) is 7.30. The Bertz CT molecular complexity index is 1440. The number of carbonyl (C=O) groups is 1. The Morgan fingerprint density at radius 1 is 1.05 bits per heavy atom. The minimum atomic E-state index is -5.31. The highest BCUT2D eigenvalue weighted by molar-refractivity contribution is 5.89. The van der Waals surface area contributed by atoms with Crippen molar-refractivity contribution in [3.05, 3.63) is 46.0 Å². The number of piperazine rings is 1. The number of nitrogens with one attached hydrogen (secondary N) is 1. The maximum atomic E-state index is 15.0. The lowest BCUT2D eigenvalue weighted by Gasteiger charge is -2.34. The molecule has 0 amide bonds. The van der Waals surface area contributed by atoms with Crippen LogP contribution in [0.5, 0.6) is 5.88 Å². The Kier molecular flexibility index (Phi) is 7.19. The van der Waals surface area contributed by atoms with Gasteiger partial charge in [-0.25, -0.2) is 9.18 Å². The Morgan fingerprint density at radius 2 is 1.69 bits per heavy atom. The largest absolute Gasteiger partial charge is 0.491 e. The number of hydrogen-bond donors (Lipinski definition) is 1. The molecule has 0 unspecified atom stereocenters. The molecule has 2 aliphatic rings. The number of alkyl halides is 3. The molecule has 1 aromatic carbocycles. The maximum Gasteiger partial charge on any atom is 0.491 e. The fourth-order valence-electron chi connectivity index (χ4n) is 5.13. The zero-order valence-electron chi connectivity index (χ0n) is 21.5. The Hall–Kier alpha value is -3.74. The molecular weight excluding hydrogens is 520 g/mol. The number of likely N-dealkylation sites (N-methyl/N-ethyl adjacent to an activating group) is 1. The number of anilines is 3. The van der Waals surface area contributed by atoms with Gasteiger partial charge >= 0.3 is 12.1 Å². The molecule has 3 heterocycles. The monoisotopic (exact) mass is 548 g/mol. The molecule has 2 fully saturated rings. The second-order valence-electron chi connectivity index (χ2n) is 9.95. The minimum Gasteiger partial charge on any atom is -0.400 e. The Labute approximate surface area is 221 Å². The van der Waals surface area contributed by atoms with Crippen LogP contribution in [0, 0.1) is 12.7 Å². The molecule has 5 rings (SSSR count). The summed E-state index contributed by atoms with van der Waals surface area (Å²) in [6.45, 7) is 4.84. The number of nitrogens with zero attached hydrogens (tertiary/aromatic N) is 5. The van der Waals surface area contributed by atoms with E-state index in [1.54, 1.807) is 12.1 Å². The van der Waals surface area contributed by atoms with Crippen LogP contribution in [0.25, 0.3) is 11.0 Å². The topological polar surface area (TPSA) is 92.6 Å². The van der Waals surface area contributed by atoms with E-state index in [0.717, 1.165) is 49.3 Å². The van der Waals surface area contributed by atoms with Gasteiger partial charge in [0.2, 0.25) is 11.8 Å². The Morgan fingerprint density at radius 3 is 2.31 bits per heavy atom. The summed E-state index contributed by atoms with van der Waals surface area (Å²) in [6, 6.07) is 6.93. The molecule has 208 valence electrons. The van der Waals surface area contributed by atoms with Crippen LogP contribution in [-0.4, -0.2) is 64.8 Å². The predicted molar refractivity (Wildman–Crippen MR) is 137 cm³/mol. The summed E-state index contributed by atoms with van der Waals surface area (Å²) >= 11 is 0. The molecule has 3 aromatic rings. The van der Waals surface area contributed by atoms with Crippen LogP contribution in [0.3, 0.4) is 0 Å². The molecule has 1 aliphatic carbocycles. The molecule has 0 spiro atoms. The smallest absolute Gasteiger partial charge is 0.400 e. The second-order valence-corrected chi connectivity index (χ2v) is 9.95. The summed E-state index contributed by atoms with van der Waals surface area (Å²) < 4.78 is 60.1. The zero-order valence-corrected chi connectivity index (χ0v) is 21.5. The standard InChI is InChI=1S/C26H28F4N6O3/c1-15-19-21(36(23(37)20(15)27)18-5-3-4-6-18)32-25(33-22(19)39-24(38)26(28,29)30)31-16-7-9-17(10-8-16)35-13-11-34(2)12-14-35/h7-10,18H,3-6,11-14H2,1-2H3,(H,31,32,33). The molecule has 1 N–H and O–H groups in total. The molecule has 1 aliphatic heterocycles. The van der Waals surface area contributed by atoms with Gasteiger partial charge in [0, 0.05) is 49.2 Å². The summed E-state index contributed by atoms with van der Waals surface area (Å²) in [4.78, 5) is 37.6. The first-order chi connectivity index (χ1) is 18.5. The van der Waals surface area contributed by atoms with Crippen LogP contribution in [0.15, 0.2) is 29.1 Å². The quantitative estimate of drug-likeness (QED) is 0.373. The minimum absolute atomic E-state index is 0.0951.